The lowest BCUT2D eigenvalue weighted by atomic mass is 10.1. The minimum absolute atomic E-state index is 0.374. The molecule has 0 aliphatic heterocycles. The molecule has 0 aliphatic rings. The lowest BCUT2D eigenvalue weighted by Gasteiger charge is -2.14. The van der Waals surface area contributed by atoms with Gasteiger partial charge >= 0.3 is 0 Å². The van der Waals surface area contributed by atoms with Crippen LogP contribution in [0.1, 0.15) is 35.3 Å². The highest BCUT2D eigenvalue weighted by Gasteiger charge is 2.09. The van der Waals surface area contributed by atoms with Gasteiger partial charge in [-0.05, 0) is 43.2 Å². The molecule has 102 valence electrons. The van der Waals surface area contributed by atoms with Crippen molar-refractivity contribution in [3.8, 4) is 11.8 Å². The fourth-order valence-electron chi connectivity index (χ4n) is 2.00. The molecule has 3 heteroatoms. The lowest BCUT2D eigenvalue weighted by Crippen LogP contribution is -2.01. The monoisotopic (exact) mass is 267 g/mol. The van der Waals surface area contributed by atoms with E-state index in [0.29, 0.717) is 17.9 Å². The number of ether oxygens (including phenoxy) is 1. The molecule has 0 bridgehead atoms. The van der Waals surface area contributed by atoms with Crippen LogP contribution in [0, 0.1) is 18.3 Å². The molecule has 3 nitrogen and oxygen atoms in total. The van der Waals surface area contributed by atoms with E-state index in [2.05, 4.69) is 6.07 Å². The first kappa shape index (κ1) is 14.1. The molecule has 0 saturated heterocycles. The van der Waals surface area contributed by atoms with Gasteiger partial charge in [-0.2, -0.15) is 5.26 Å². The van der Waals surface area contributed by atoms with E-state index in [1.165, 1.54) is 0 Å². The summed E-state index contributed by atoms with van der Waals surface area (Å²) in [5.41, 5.74) is 3.40. The Morgan fingerprint density at radius 1 is 1.25 bits per heavy atom. The molecule has 2 aromatic carbocycles. The van der Waals surface area contributed by atoms with E-state index < -0.39 is 6.10 Å². The quantitative estimate of drug-likeness (QED) is 0.922. The van der Waals surface area contributed by atoms with Gasteiger partial charge in [-0.25, -0.2) is 0 Å². The molecular formula is C17H17NO2. The van der Waals surface area contributed by atoms with Gasteiger partial charge in [-0.1, -0.05) is 24.3 Å². The van der Waals surface area contributed by atoms with Crippen molar-refractivity contribution in [2.75, 3.05) is 0 Å². The third-order valence-corrected chi connectivity index (χ3v) is 3.07. The molecule has 0 saturated carbocycles. The standard InChI is InChI=1S/C17H17NO2/c1-12-6-7-16(13(2)19)17(8-12)20-11-15-5-3-4-14(9-15)10-18/h3-9,13,19H,11H2,1-2H3/t13-/m1/s1. The Bertz CT molecular complexity index is 642. The minimum atomic E-state index is -0.573. The fraction of sp³-hybridized carbons (Fsp3) is 0.235. The predicted octanol–water partition coefficient (Wildman–Crippen LogP) is 3.50. The van der Waals surface area contributed by atoms with Crippen LogP contribution in [0.4, 0.5) is 0 Å². The lowest BCUT2D eigenvalue weighted by molar-refractivity contribution is 0.190. The molecule has 0 unspecified atom stereocenters. The Labute approximate surface area is 119 Å². The molecule has 0 aliphatic carbocycles. The maximum Gasteiger partial charge on any atom is 0.125 e. The largest absolute Gasteiger partial charge is 0.489 e. The first-order valence-electron chi connectivity index (χ1n) is 6.50. The van der Waals surface area contributed by atoms with Crippen LogP contribution in [0.15, 0.2) is 42.5 Å². The zero-order chi connectivity index (χ0) is 14.5. The third-order valence-electron chi connectivity index (χ3n) is 3.07. The zero-order valence-corrected chi connectivity index (χ0v) is 11.6. The van der Waals surface area contributed by atoms with Crippen LogP contribution in [0.25, 0.3) is 0 Å². The number of rotatable bonds is 4. The van der Waals surface area contributed by atoms with E-state index in [1.807, 2.05) is 37.3 Å². The molecule has 20 heavy (non-hydrogen) atoms. The molecule has 2 rings (SSSR count). The van der Waals surface area contributed by atoms with Crippen molar-refractivity contribution < 1.29 is 9.84 Å². The molecule has 1 N–H and O–H groups in total. The van der Waals surface area contributed by atoms with Gasteiger partial charge in [0.1, 0.15) is 12.4 Å². The smallest absolute Gasteiger partial charge is 0.125 e. The van der Waals surface area contributed by atoms with E-state index in [1.54, 1.807) is 19.1 Å². The summed E-state index contributed by atoms with van der Waals surface area (Å²) in [6.07, 6.45) is -0.573. The maximum absolute atomic E-state index is 9.75. The summed E-state index contributed by atoms with van der Waals surface area (Å²) in [5.74, 6) is 0.683. The molecule has 0 amide bonds. The van der Waals surface area contributed by atoms with Gasteiger partial charge in [-0.15, -0.1) is 0 Å². The molecule has 2 aromatic rings. The highest BCUT2D eigenvalue weighted by atomic mass is 16.5. The topological polar surface area (TPSA) is 53.2 Å². The van der Waals surface area contributed by atoms with E-state index in [-0.39, 0.29) is 0 Å². The molecule has 0 heterocycles. The number of aliphatic hydroxyl groups excluding tert-OH is 1. The van der Waals surface area contributed by atoms with Crippen molar-refractivity contribution in [2.45, 2.75) is 26.6 Å². The number of hydrogen-bond donors (Lipinski definition) is 1. The Morgan fingerprint density at radius 2 is 2.05 bits per heavy atom. The number of aliphatic hydroxyl groups is 1. The van der Waals surface area contributed by atoms with E-state index in [4.69, 9.17) is 10.00 Å². The second-order valence-electron chi connectivity index (χ2n) is 4.82. The van der Waals surface area contributed by atoms with E-state index in [9.17, 15) is 5.11 Å². The van der Waals surface area contributed by atoms with E-state index in [0.717, 1.165) is 16.7 Å². The van der Waals surface area contributed by atoms with Gasteiger partial charge in [0, 0.05) is 5.56 Å². The van der Waals surface area contributed by atoms with Gasteiger partial charge in [0.2, 0.25) is 0 Å². The van der Waals surface area contributed by atoms with Gasteiger partial charge in [-0.3, -0.25) is 0 Å². The van der Waals surface area contributed by atoms with Crippen molar-refractivity contribution in [3.05, 3.63) is 64.7 Å². The van der Waals surface area contributed by atoms with Crippen molar-refractivity contribution in [1.29, 1.82) is 5.26 Å². The van der Waals surface area contributed by atoms with Crippen LogP contribution < -0.4 is 4.74 Å². The normalized spacial score (nSPS) is 11.7. The van der Waals surface area contributed by atoms with Crippen LogP contribution in [-0.4, -0.2) is 5.11 Å². The Hall–Kier alpha value is -2.31. The van der Waals surface area contributed by atoms with Crippen molar-refractivity contribution in [3.63, 3.8) is 0 Å². The highest BCUT2D eigenvalue weighted by molar-refractivity contribution is 5.39. The number of nitrogens with zero attached hydrogens (tertiary/aromatic N) is 1. The second kappa shape index (κ2) is 6.23. The summed E-state index contributed by atoms with van der Waals surface area (Å²) < 4.78 is 5.80. The first-order valence-corrected chi connectivity index (χ1v) is 6.50. The number of nitriles is 1. The molecule has 0 aromatic heterocycles. The van der Waals surface area contributed by atoms with E-state index >= 15 is 0 Å². The summed E-state index contributed by atoms with van der Waals surface area (Å²) in [5, 5.41) is 18.6. The zero-order valence-electron chi connectivity index (χ0n) is 11.6. The third kappa shape index (κ3) is 3.37. The highest BCUT2D eigenvalue weighted by Crippen LogP contribution is 2.27. The Kier molecular flexibility index (Phi) is 4.39. The molecule has 0 fully saturated rings. The van der Waals surface area contributed by atoms with Crippen LogP contribution >= 0.6 is 0 Å². The summed E-state index contributed by atoms with van der Waals surface area (Å²) in [6.45, 7) is 4.07. The van der Waals surface area contributed by atoms with Crippen LogP contribution in [0.3, 0.4) is 0 Å². The van der Waals surface area contributed by atoms with Crippen LogP contribution in [0.5, 0.6) is 5.75 Å². The van der Waals surface area contributed by atoms with Crippen molar-refractivity contribution >= 4 is 0 Å². The molecule has 1 atom stereocenters. The molecule has 0 spiro atoms. The number of benzene rings is 2. The first-order chi connectivity index (χ1) is 9.60. The summed E-state index contributed by atoms with van der Waals surface area (Å²) >= 11 is 0. The average molecular weight is 267 g/mol. The SMILES string of the molecule is Cc1ccc([C@@H](C)O)c(OCc2cccc(C#N)c2)c1. The van der Waals surface area contributed by atoms with Crippen LogP contribution in [-0.2, 0) is 6.61 Å². The summed E-state index contributed by atoms with van der Waals surface area (Å²) in [4.78, 5) is 0. The number of aryl methyl sites for hydroxylation is 1. The van der Waals surface area contributed by atoms with Gasteiger partial charge in [0.25, 0.3) is 0 Å². The maximum atomic E-state index is 9.75. The van der Waals surface area contributed by atoms with Gasteiger partial charge < -0.3 is 9.84 Å². The average Bonchev–Trinajstić information content (AvgIpc) is 2.45. The predicted molar refractivity (Wildman–Crippen MR) is 77.3 cm³/mol. The Balaban J connectivity index is 2.18. The second-order valence-corrected chi connectivity index (χ2v) is 4.82. The number of hydrogen-bond acceptors (Lipinski definition) is 3. The minimum Gasteiger partial charge on any atom is -0.489 e. The Morgan fingerprint density at radius 3 is 2.75 bits per heavy atom. The van der Waals surface area contributed by atoms with Crippen molar-refractivity contribution in [1.82, 2.24) is 0 Å². The molecular weight excluding hydrogens is 250 g/mol. The van der Waals surface area contributed by atoms with Gasteiger partial charge in [0.15, 0.2) is 0 Å². The van der Waals surface area contributed by atoms with Crippen LogP contribution in [0.2, 0.25) is 0 Å². The summed E-state index contributed by atoms with van der Waals surface area (Å²) in [6, 6.07) is 15.2. The molecule has 0 radical (unpaired) electrons. The van der Waals surface area contributed by atoms with Crippen molar-refractivity contribution in [2.24, 2.45) is 0 Å². The fourth-order valence-corrected chi connectivity index (χ4v) is 2.00. The van der Waals surface area contributed by atoms with Gasteiger partial charge in [0.05, 0.1) is 17.7 Å². The summed E-state index contributed by atoms with van der Waals surface area (Å²) in [7, 11) is 0.